The average molecular weight is 397 g/mol. The lowest BCUT2D eigenvalue weighted by Crippen LogP contribution is -2.54. The molecule has 1 aromatic carbocycles. The molecule has 1 atom stereocenters. The van der Waals surface area contributed by atoms with Gasteiger partial charge in [0.1, 0.15) is 6.10 Å². The molecule has 2 aliphatic heterocycles. The van der Waals surface area contributed by atoms with Gasteiger partial charge in [-0.05, 0) is 17.7 Å². The first-order valence-electron chi connectivity index (χ1n) is 7.80. The number of benzene rings is 1. The van der Waals surface area contributed by atoms with Crippen LogP contribution in [0, 0.1) is 0 Å². The van der Waals surface area contributed by atoms with Gasteiger partial charge in [-0.1, -0.05) is 23.7 Å². The molecule has 5 nitrogen and oxygen atoms in total. The van der Waals surface area contributed by atoms with Gasteiger partial charge in [-0.15, -0.1) is 24.8 Å². The van der Waals surface area contributed by atoms with E-state index in [2.05, 4.69) is 16.3 Å². The number of amides is 1. The van der Waals surface area contributed by atoms with Crippen molar-refractivity contribution in [2.75, 3.05) is 45.9 Å². The Hall–Kier alpha value is -0.560. The van der Waals surface area contributed by atoms with E-state index in [1.165, 1.54) is 5.56 Å². The Bertz CT molecular complexity index is 519. The van der Waals surface area contributed by atoms with Gasteiger partial charge in [-0.2, -0.15) is 0 Å². The lowest BCUT2D eigenvalue weighted by atomic mass is 10.2. The zero-order valence-corrected chi connectivity index (χ0v) is 15.8. The highest BCUT2D eigenvalue weighted by atomic mass is 35.5. The number of nitrogens with one attached hydrogen (secondary N) is 1. The maximum atomic E-state index is 12.4. The highest BCUT2D eigenvalue weighted by Gasteiger charge is 2.29. The van der Waals surface area contributed by atoms with Crippen molar-refractivity contribution in [2.45, 2.75) is 12.6 Å². The van der Waals surface area contributed by atoms with Crippen molar-refractivity contribution in [3.05, 3.63) is 34.9 Å². The average Bonchev–Trinajstić information content (AvgIpc) is 2.56. The van der Waals surface area contributed by atoms with Crippen molar-refractivity contribution < 1.29 is 9.53 Å². The third-order valence-corrected chi connectivity index (χ3v) is 4.42. The van der Waals surface area contributed by atoms with Gasteiger partial charge in [0.2, 0.25) is 0 Å². The van der Waals surface area contributed by atoms with E-state index in [0.717, 1.165) is 44.3 Å². The van der Waals surface area contributed by atoms with E-state index in [4.69, 9.17) is 16.3 Å². The minimum atomic E-state index is -0.312. The minimum absolute atomic E-state index is 0. The first-order chi connectivity index (χ1) is 10.7. The van der Waals surface area contributed by atoms with Crippen LogP contribution in [-0.4, -0.2) is 67.7 Å². The topological polar surface area (TPSA) is 44.8 Å². The van der Waals surface area contributed by atoms with Crippen LogP contribution < -0.4 is 5.32 Å². The zero-order valence-electron chi connectivity index (χ0n) is 13.4. The molecule has 2 saturated heterocycles. The summed E-state index contributed by atoms with van der Waals surface area (Å²) in [4.78, 5) is 16.7. The van der Waals surface area contributed by atoms with E-state index < -0.39 is 0 Å². The van der Waals surface area contributed by atoms with Crippen LogP contribution in [-0.2, 0) is 16.1 Å². The molecule has 0 aliphatic carbocycles. The summed E-state index contributed by atoms with van der Waals surface area (Å²) in [5.41, 5.74) is 1.21. The molecule has 0 radical (unpaired) electrons. The smallest absolute Gasteiger partial charge is 0.253 e. The molecule has 24 heavy (non-hydrogen) atoms. The molecule has 0 spiro atoms. The van der Waals surface area contributed by atoms with E-state index in [0.29, 0.717) is 13.2 Å². The summed E-state index contributed by atoms with van der Waals surface area (Å²) in [6.07, 6.45) is -0.312. The van der Waals surface area contributed by atoms with Gasteiger partial charge in [0, 0.05) is 50.8 Å². The highest BCUT2D eigenvalue weighted by Crippen LogP contribution is 2.14. The molecule has 2 aliphatic rings. The van der Waals surface area contributed by atoms with Crippen LogP contribution in [0.2, 0.25) is 5.02 Å². The van der Waals surface area contributed by atoms with E-state index in [-0.39, 0.29) is 36.8 Å². The molecular formula is C16H24Cl3N3O2. The fourth-order valence-corrected chi connectivity index (χ4v) is 3.16. The summed E-state index contributed by atoms with van der Waals surface area (Å²) in [5, 5.41) is 3.98. The molecule has 1 N–H and O–H groups in total. The SMILES string of the molecule is Cl.Cl.O=C(C1CNCCO1)N1CCN(Cc2cccc(Cl)c2)CC1. The number of halogens is 3. The minimum Gasteiger partial charge on any atom is -0.366 e. The molecule has 1 aromatic rings. The number of rotatable bonds is 3. The van der Waals surface area contributed by atoms with E-state index in [9.17, 15) is 4.79 Å². The Balaban J connectivity index is 0.00000144. The second-order valence-electron chi connectivity index (χ2n) is 5.79. The van der Waals surface area contributed by atoms with Gasteiger partial charge >= 0.3 is 0 Å². The Morgan fingerprint density at radius 1 is 1.25 bits per heavy atom. The van der Waals surface area contributed by atoms with Crippen molar-refractivity contribution >= 4 is 42.3 Å². The van der Waals surface area contributed by atoms with Gasteiger partial charge in [0.05, 0.1) is 6.61 Å². The molecule has 136 valence electrons. The molecule has 2 heterocycles. The monoisotopic (exact) mass is 395 g/mol. The van der Waals surface area contributed by atoms with Crippen molar-refractivity contribution in [1.29, 1.82) is 0 Å². The number of carbonyl (C=O) groups excluding carboxylic acids is 1. The number of ether oxygens (including phenoxy) is 1. The van der Waals surface area contributed by atoms with E-state index >= 15 is 0 Å². The van der Waals surface area contributed by atoms with Crippen LogP contribution >= 0.6 is 36.4 Å². The fourth-order valence-electron chi connectivity index (χ4n) is 2.95. The summed E-state index contributed by atoms with van der Waals surface area (Å²) in [6, 6.07) is 7.95. The maximum absolute atomic E-state index is 12.4. The molecule has 0 bridgehead atoms. The first-order valence-corrected chi connectivity index (χ1v) is 8.18. The zero-order chi connectivity index (χ0) is 15.4. The molecule has 3 rings (SSSR count). The number of nitrogens with zero attached hydrogens (tertiary/aromatic N) is 2. The summed E-state index contributed by atoms with van der Waals surface area (Å²) in [7, 11) is 0. The molecule has 0 aromatic heterocycles. The summed E-state index contributed by atoms with van der Waals surface area (Å²) >= 11 is 6.02. The molecule has 1 amide bonds. The first kappa shape index (κ1) is 21.5. The maximum Gasteiger partial charge on any atom is 0.253 e. The fraction of sp³-hybridized carbons (Fsp3) is 0.562. The number of carbonyl (C=O) groups is 1. The van der Waals surface area contributed by atoms with Gasteiger partial charge in [0.15, 0.2) is 0 Å². The van der Waals surface area contributed by atoms with Gasteiger partial charge in [0.25, 0.3) is 5.91 Å². The number of morpholine rings is 1. The Kier molecular flexibility index (Phi) is 9.34. The molecular weight excluding hydrogens is 373 g/mol. The number of hydrogen-bond donors (Lipinski definition) is 1. The normalized spacial score (nSPS) is 21.5. The number of piperazine rings is 1. The lowest BCUT2D eigenvalue weighted by Gasteiger charge is -2.37. The molecule has 2 fully saturated rings. The van der Waals surface area contributed by atoms with Crippen LogP contribution in [0.1, 0.15) is 5.56 Å². The summed E-state index contributed by atoms with van der Waals surface area (Å²) in [6.45, 7) is 6.25. The van der Waals surface area contributed by atoms with Crippen LogP contribution in [0.25, 0.3) is 0 Å². The van der Waals surface area contributed by atoms with Crippen LogP contribution in [0.5, 0.6) is 0 Å². The Morgan fingerprint density at radius 3 is 2.62 bits per heavy atom. The quantitative estimate of drug-likeness (QED) is 0.846. The lowest BCUT2D eigenvalue weighted by molar-refractivity contribution is -0.147. The predicted octanol–water partition coefficient (Wildman–Crippen LogP) is 1.82. The highest BCUT2D eigenvalue weighted by molar-refractivity contribution is 6.30. The van der Waals surface area contributed by atoms with Crippen LogP contribution in [0.3, 0.4) is 0 Å². The molecule has 8 heteroatoms. The van der Waals surface area contributed by atoms with Crippen molar-refractivity contribution in [3.63, 3.8) is 0 Å². The van der Waals surface area contributed by atoms with Crippen LogP contribution in [0.15, 0.2) is 24.3 Å². The second kappa shape index (κ2) is 10.4. The van der Waals surface area contributed by atoms with Gasteiger partial charge < -0.3 is 15.0 Å². The van der Waals surface area contributed by atoms with Crippen molar-refractivity contribution in [1.82, 2.24) is 15.1 Å². The summed E-state index contributed by atoms with van der Waals surface area (Å²) in [5.74, 6) is 0.120. The van der Waals surface area contributed by atoms with Gasteiger partial charge in [-0.3, -0.25) is 9.69 Å². The van der Waals surface area contributed by atoms with Crippen molar-refractivity contribution in [2.24, 2.45) is 0 Å². The predicted molar refractivity (Wildman–Crippen MR) is 100 cm³/mol. The second-order valence-corrected chi connectivity index (χ2v) is 6.23. The van der Waals surface area contributed by atoms with E-state index in [1.807, 2.05) is 23.1 Å². The molecule has 0 saturated carbocycles. The number of hydrogen-bond acceptors (Lipinski definition) is 4. The van der Waals surface area contributed by atoms with Gasteiger partial charge in [-0.25, -0.2) is 0 Å². The van der Waals surface area contributed by atoms with E-state index in [1.54, 1.807) is 0 Å². The third kappa shape index (κ3) is 5.76. The standard InChI is InChI=1S/C16H22ClN3O2.2ClH/c17-14-3-1-2-13(10-14)12-19-5-7-20(8-6-19)16(21)15-11-18-4-9-22-15;;/h1-3,10,15,18H,4-9,11-12H2;2*1H. The molecule has 1 unspecified atom stereocenters. The van der Waals surface area contributed by atoms with Crippen molar-refractivity contribution in [3.8, 4) is 0 Å². The van der Waals surface area contributed by atoms with Crippen LogP contribution in [0.4, 0.5) is 0 Å². The Morgan fingerprint density at radius 2 is 2.00 bits per heavy atom. The third-order valence-electron chi connectivity index (χ3n) is 4.18. The Labute approximate surface area is 160 Å². The largest absolute Gasteiger partial charge is 0.366 e. The summed E-state index contributed by atoms with van der Waals surface area (Å²) < 4.78 is 5.55.